The summed E-state index contributed by atoms with van der Waals surface area (Å²) in [6.45, 7) is 8.39. The number of nitrogens with one attached hydrogen (secondary N) is 1. The maximum absolute atomic E-state index is 12.4. The maximum Gasteiger partial charge on any atom is 0.246 e. The molecular formula is C16H25ClN2O2. The number of benzene rings is 1. The SMILES string of the molecule is CN(C(=O)C1COCCN1)c1ccc(C(C)(C)C)cc1.Cl. The fraction of sp³-hybridized carbons (Fsp3) is 0.562. The quantitative estimate of drug-likeness (QED) is 0.911. The van der Waals surface area contributed by atoms with Gasteiger partial charge in [-0.3, -0.25) is 4.79 Å². The minimum absolute atomic E-state index is 0. The van der Waals surface area contributed by atoms with E-state index in [0.29, 0.717) is 13.2 Å². The van der Waals surface area contributed by atoms with Crippen molar-refractivity contribution in [1.82, 2.24) is 5.32 Å². The van der Waals surface area contributed by atoms with Gasteiger partial charge in [-0.25, -0.2) is 0 Å². The molecule has 0 bridgehead atoms. The van der Waals surface area contributed by atoms with E-state index >= 15 is 0 Å². The number of carbonyl (C=O) groups is 1. The van der Waals surface area contributed by atoms with Crippen molar-refractivity contribution in [3.8, 4) is 0 Å². The lowest BCUT2D eigenvalue weighted by molar-refractivity contribution is -0.123. The largest absolute Gasteiger partial charge is 0.378 e. The average molecular weight is 313 g/mol. The summed E-state index contributed by atoms with van der Waals surface area (Å²) in [5.41, 5.74) is 2.30. The van der Waals surface area contributed by atoms with Gasteiger partial charge in [0.1, 0.15) is 6.04 Å². The number of rotatable bonds is 2. The van der Waals surface area contributed by atoms with Gasteiger partial charge in [0.15, 0.2) is 0 Å². The first-order chi connectivity index (χ1) is 9.39. The Labute approximate surface area is 133 Å². The second-order valence-electron chi connectivity index (χ2n) is 6.28. The van der Waals surface area contributed by atoms with E-state index in [1.54, 1.807) is 4.90 Å². The van der Waals surface area contributed by atoms with E-state index in [1.807, 2.05) is 19.2 Å². The van der Waals surface area contributed by atoms with Gasteiger partial charge in [-0.1, -0.05) is 32.9 Å². The van der Waals surface area contributed by atoms with E-state index in [-0.39, 0.29) is 29.8 Å². The molecule has 1 aromatic rings. The Kier molecular flexibility index (Phi) is 6.20. The number of amides is 1. The molecule has 1 fully saturated rings. The van der Waals surface area contributed by atoms with Crippen molar-refractivity contribution in [3.05, 3.63) is 29.8 Å². The summed E-state index contributed by atoms with van der Waals surface area (Å²) in [5, 5.41) is 3.19. The van der Waals surface area contributed by atoms with Crippen LogP contribution in [0.15, 0.2) is 24.3 Å². The number of carbonyl (C=O) groups excluding carboxylic acids is 1. The van der Waals surface area contributed by atoms with Crippen LogP contribution in [0.2, 0.25) is 0 Å². The van der Waals surface area contributed by atoms with Gasteiger partial charge < -0.3 is 15.0 Å². The molecule has 0 saturated carbocycles. The molecule has 1 amide bonds. The number of morpholine rings is 1. The molecule has 4 nitrogen and oxygen atoms in total. The molecule has 1 heterocycles. The molecule has 118 valence electrons. The first-order valence-corrected chi connectivity index (χ1v) is 7.09. The molecule has 1 N–H and O–H groups in total. The molecule has 1 atom stereocenters. The lowest BCUT2D eigenvalue weighted by atomic mass is 9.87. The number of ether oxygens (including phenoxy) is 1. The topological polar surface area (TPSA) is 41.6 Å². The fourth-order valence-electron chi connectivity index (χ4n) is 2.27. The average Bonchev–Trinajstić information content (AvgIpc) is 2.46. The second-order valence-corrected chi connectivity index (χ2v) is 6.28. The van der Waals surface area contributed by atoms with Crippen LogP contribution in [-0.4, -0.2) is 38.8 Å². The van der Waals surface area contributed by atoms with Crippen LogP contribution in [0.25, 0.3) is 0 Å². The van der Waals surface area contributed by atoms with Crippen LogP contribution in [-0.2, 0) is 14.9 Å². The molecular weight excluding hydrogens is 288 g/mol. The van der Waals surface area contributed by atoms with Crippen molar-refractivity contribution < 1.29 is 9.53 Å². The number of hydrogen-bond donors (Lipinski definition) is 1. The third-order valence-corrected chi connectivity index (χ3v) is 3.67. The Balaban J connectivity index is 0.00000220. The van der Waals surface area contributed by atoms with Crippen LogP contribution in [0.4, 0.5) is 5.69 Å². The summed E-state index contributed by atoms with van der Waals surface area (Å²) in [6.07, 6.45) is 0. The number of likely N-dealkylation sites (N-methyl/N-ethyl adjacent to an activating group) is 1. The number of nitrogens with zero attached hydrogens (tertiary/aromatic N) is 1. The zero-order valence-corrected chi connectivity index (χ0v) is 14.0. The Bertz CT molecular complexity index is 462. The minimum atomic E-state index is -0.240. The van der Waals surface area contributed by atoms with E-state index in [4.69, 9.17) is 4.74 Å². The summed E-state index contributed by atoms with van der Waals surface area (Å²) in [6, 6.07) is 7.94. The van der Waals surface area contributed by atoms with E-state index in [2.05, 4.69) is 38.2 Å². The van der Waals surface area contributed by atoms with Crippen LogP contribution in [0, 0.1) is 0 Å². The molecule has 1 aliphatic heterocycles. The maximum atomic E-state index is 12.4. The van der Waals surface area contributed by atoms with Crippen molar-refractivity contribution >= 4 is 24.0 Å². The predicted molar refractivity (Wildman–Crippen MR) is 88.4 cm³/mol. The smallest absolute Gasteiger partial charge is 0.246 e. The summed E-state index contributed by atoms with van der Waals surface area (Å²) in [5.74, 6) is 0.0493. The lowest BCUT2D eigenvalue weighted by Crippen LogP contribution is -2.51. The second kappa shape index (κ2) is 7.25. The van der Waals surface area contributed by atoms with Crippen molar-refractivity contribution in [1.29, 1.82) is 0 Å². The zero-order chi connectivity index (χ0) is 14.8. The Morgan fingerprint density at radius 1 is 1.29 bits per heavy atom. The predicted octanol–water partition coefficient (Wildman–Crippen LogP) is 2.36. The third kappa shape index (κ3) is 4.43. The van der Waals surface area contributed by atoms with Gasteiger partial charge in [-0.15, -0.1) is 12.4 Å². The van der Waals surface area contributed by atoms with Crippen molar-refractivity contribution in [2.45, 2.75) is 32.2 Å². The first-order valence-electron chi connectivity index (χ1n) is 7.09. The molecule has 2 rings (SSSR count). The van der Waals surface area contributed by atoms with Crippen molar-refractivity contribution in [3.63, 3.8) is 0 Å². The van der Waals surface area contributed by atoms with Gasteiger partial charge in [0, 0.05) is 19.3 Å². The molecule has 1 saturated heterocycles. The molecule has 0 spiro atoms. The van der Waals surface area contributed by atoms with Crippen molar-refractivity contribution in [2.75, 3.05) is 31.7 Å². The molecule has 0 aliphatic carbocycles. The Morgan fingerprint density at radius 2 is 1.90 bits per heavy atom. The van der Waals surface area contributed by atoms with E-state index < -0.39 is 0 Å². The molecule has 0 radical (unpaired) electrons. The Hall–Kier alpha value is -1.10. The van der Waals surface area contributed by atoms with Crippen LogP contribution in [0.1, 0.15) is 26.3 Å². The number of halogens is 1. The molecule has 0 aromatic heterocycles. The number of hydrogen-bond acceptors (Lipinski definition) is 3. The third-order valence-electron chi connectivity index (χ3n) is 3.67. The summed E-state index contributed by atoms with van der Waals surface area (Å²) >= 11 is 0. The van der Waals surface area contributed by atoms with Crippen molar-refractivity contribution in [2.24, 2.45) is 0 Å². The molecule has 1 unspecified atom stereocenters. The summed E-state index contributed by atoms with van der Waals surface area (Å²) in [4.78, 5) is 14.1. The normalized spacial score (nSPS) is 18.8. The van der Waals surface area contributed by atoms with E-state index in [9.17, 15) is 4.79 Å². The standard InChI is InChI=1S/C16H24N2O2.ClH/c1-16(2,3)12-5-7-13(8-6-12)18(4)15(19)14-11-20-10-9-17-14;/h5-8,14,17H,9-11H2,1-4H3;1H. The van der Waals surface area contributed by atoms with Gasteiger partial charge in [0.05, 0.1) is 13.2 Å². The minimum Gasteiger partial charge on any atom is -0.378 e. The Morgan fingerprint density at radius 3 is 2.38 bits per heavy atom. The number of anilines is 1. The van der Waals surface area contributed by atoms with E-state index in [1.165, 1.54) is 5.56 Å². The van der Waals surface area contributed by atoms with Crippen LogP contribution < -0.4 is 10.2 Å². The molecule has 21 heavy (non-hydrogen) atoms. The van der Waals surface area contributed by atoms with Crippen LogP contribution in [0.3, 0.4) is 0 Å². The first kappa shape index (κ1) is 18.0. The van der Waals surface area contributed by atoms with Gasteiger partial charge >= 0.3 is 0 Å². The highest BCUT2D eigenvalue weighted by molar-refractivity contribution is 5.96. The van der Waals surface area contributed by atoms with Crippen LogP contribution in [0.5, 0.6) is 0 Å². The fourth-order valence-corrected chi connectivity index (χ4v) is 2.27. The summed E-state index contributed by atoms with van der Waals surface area (Å²) in [7, 11) is 1.81. The van der Waals surface area contributed by atoms with Gasteiger partial charge in [-0.2, -0.15) is 0 Å². The monoisotopic (exact) mass is 312 g/mol. The molecule has 1 aliphatic rings. The summed E-state index contributed by atoms with van der Waals surface area (Å²) < 4.78 is 5.34. The van der Waals surface area contributed by atoms with Gasteiger partial charge in [0.25, 0.3) is 0 Å². The highest BCUT2D eigenvalue weighted by atomic mass is 35.5. The lowest BCUT2D eigenvalue weighted by Gasteiger charge is -2.28. The highest BCUT2D eigenvalue weighted by Gasteiger charge is 2.25. The van der Waals surface area contributed by atoms with Crippen LogP contribution >= 0.6 is 12.4 Å². The van der Waals surface area contributed by atoms with E-state index in [0.717, 1.165) is 12.2 Å². The van der Waals surface area contributed by atoms with Gasteiger partial charge in [0.2, 0.25) is 5.91 Å². The molecule has 1 aromatic carbocycles. The molecule has 5 heteroatoms. The highest BCUT2D eigenvalue weighted by Crippen LogP contribution is 2.24. The van der Waals surface area contributed by atoms with Gasteiger partial charge in [-0.05, 0) is 23.1 Å². The zero-order valence-electron chi connectivity index (χ0n) is 13.2.